The van der Waals surface area contributed by atoms with Crippen LogP contribution in [0.3, 0.4) is 0 Å². The van der Waals surface area contributed by atoms with Crippen LogP contribution in [-0.4, -0.2) is 52.2 Å². The van der Waals surface area contributed by atoms with Gasteiger partial charge in [-0.3, -0.25) is 9.80 Å². The molecule has 2 saturated heterocycles. The van der Waals surface area contributed by atoms with E-state index >= 15 is 0 Å². The fraction of sp³-hybridized carbons (Fsp3) is 0.875. The largest absolute Gasteiger partial charge is 0.338 e. The van der Waals surface area contributed by atoms with Crippen molar-refractivity contribution in [1.29, 1.82) is 0 Å². The van der Waals surface area contributed by atoms with Crippen molar-refractivity contribution in [2.24, 2.45) is 0 Å². The molecule has 3 rings (SSSR count). The Hall–Kier alpha value is -0.940. The lowest BCUT2D eigenvalue weighted by Crippen LogP contribution is -2.36. The summed E-state index contributed by atoms with van der Waals surface area (Å²) in [5, 5.41) is 4.12. The zero-order valence-corrected chi connectivity index (χ0v) is 13.4. The number of nitrogens with zero attached hydrogens (tertiary/aromatic N) is 4. The van der Waals surface area contributed by atoms with E-state index in [9.17, 15) is 0 Å². The van der Waals surface area contributed by atoms with E-state index in [0.717, 1.165) is 43.7 Å². The van der Waals surface area contributed by atoms with Gasteiger partial charge in [-0.1, -0.05) is 18.5 Å². The highest BCUT2D eigenvalue weighted by molar-refractivity contribution is 4.96. The highest BCUT2D eigenvalue weighted by Crippen LogP contribution is 2.27. The molecule has 1 aromatic heterocycles. The van der Waals surface area contributed by atoms with Gasteiger partial charge in [0.1, 0.15) is 0 Å². The van der Waals surface area contributed by atoms with Crippen LogP contribution in [0.4, 0.5) is 0 Å². The maximum absolute atomic E-state index is 5.48. The molecule has 0 saturated carbocycles. The molecule has 2 aliphatic rings. The number of aryl methyl sites for hydroxylation is 1. The average molecular weight is 292 g/mol. The van der Waals surface area contributed by atoms with Gasteiger partial charge >= 0.3 is 0 Å². The minimum Gasteiger partial charge on any atom is -0.338 e. The molecule has 5 nitrogen and oxygen atoms in total. The van der Waals surface area contributed by atoms with Crippen molar-refractivity contribution in [1.82, 2.24) is 19.9 Å². The summed E-state index contributed by atoms with van der Waals surface area (Å²) in [5.74, 6) is 1.66. The van der Waals surface area contributed by atoms with E-state index in [1.807, 2.05) is 0 Å². The third-order valence-corrected chi connectivity index (χ3v) is 4.99. The number of aromatic nitrogens is 2. The van der Waals surface area contributed by atoms with Gasteiger partial charge in [-0.25, -0.2) is 0 Å². The topological polar surface area (TPSA) is 45.4 Å². The minimum absolute atomic E-state index is 0.250. The van der Waals surface area contributed by atoms with Crippen molar-refractivity contribution in [3.8, 4) is 0 Å². The molecular weight excluding hydrogens is 264 g/mol. The number of unbranched alkanes of at least 4 members (excludes halogenated alkanes) is 1. The Bertz CT molecular complexity index is 441. The molecule has 5 heteroatoms. The summed E-state index contributed by atoms with van der Waals surface area (Å²) < 4.78 is 5.48. The van der Waals surface area contributed by atoms with Gasteiger partial charge < -0.3 is 4.52 Å². The number of rotatable bonds is 6. The standard InChI is InChI=1S/C16H28N4O/c1-3-4-7-15-17-16(21-18-15)13(2)20-11-8-14(12-20)19-9-5-6-10-19/h13-14H,3-12H2,1-2H3/t13-,14-/m1/s1. The number of hydrogen-bond donors (Lipinski definition) is 0. The molecule has 0 spiro atoms. The second kappa shape index (κ2) is 6.88. The minimum atomic E-state index is 0.250. The summed E-state index contributed by atoms with van der Waals surface area (Å²) in [6, 6.07) is 0.984. The van der Waals surface area contributed by atoms with Crippen molar-refractivity contribution in [3.05, 3.63) is 11.7 Å². The van der Waals surface area contributed by atoms with Gasteiger partial charge in [0.05, 0.1) is 6.04 Å². The van der Waals surface area contributed by atoms with Crippen LogP contribution in [0.25, 0.3) is 0 Å². The first kappa shape index (κ1) is 15.0. The van der Waals surface area contributed by atoms with Crippen LogP contribution in [0, 0.1) is 0 Å². The summed E-state index contributed by atoms with van der Waals surface area (Å²) in [7, 11) is 0. The molecule has 2 aliphatic heterocycles. The van der Waals surface area contributed by atoms with Gasteiger partial charge in [-0.05, 0) is 45.7 Å². The Morgan fingerprint density at radius 1 is 1.29 bits per heavy atom. The van der Waals surface area contributed by atoms with Crippen LogP contribution in [0.1, 0.15) is 63.7 Å². The van der Waals surface area contributed by atoms with Crippen LogP contribution < -0.4 is 0 Å². The molecule has 0 aromatic carbocycles. The van der Waals surface area contributed by atoms with E-state index in [4.69, 9.17) is 4.52 Å². The SMILES string of the molecule is CCCCc1noc([C@@H](C)N2CC[C@@H](N3CCCC3)C2)n1. The lowest BCUT2D eigenvalue weighted by molar-refractivity contribution is 0.182. The summed E-state index contributed by atoms with van der Waals surface area (Å²) in [4.78, 5) is 9.74. The summed E-state index contributed by atoms with van der Waals surface area (Å²) in [5.41, 5.74) is 0. The number of likely N-dealkylation sites (tertiary alicyclic amines) is 2. The van der Waals surface area contributed by atoms with E-state index in [1.54, 1.807) is 0 Å². The molecule has 2 fully saturated rings. The Morgan fingerprint density at radius 2 is 2.10 bits per heavy atom. The van der Waals surface area contributed by atoms with E-state index in [1.165, 1.54) is 38.8 Å². The second-order valence-electron chi connectivity index (χ2n) is 6.51. The van der Waals surface area contributed by atoms with E-state index in [-0.39, 0.29) is 6.04 Å². The maximum Gasteiger partial charge on any atom is 0.243 e. The summed E-state index contributed by atoms with van der Waals surface area (Å²) in [6.07, 6.45) is 7.26. The first-order chi connectivity index (χ1) is 10.3. The Kier molecular flexibility index (Phi) is 4.91. The fourth-order valence-electron chi connectivity index (χ4n) is 3.55. The predicted molar refractivity (Wildman–Crippen MR) is 82.1 cm³/mol. The molecule has 3 heterocycles. The Labute approximate surface area is 127 Å². The summed E-state index contributed by atoms with van der Waals surface area (Å²) in [6.45, 7) is 9.25. The molecule has 1 aromatic rings. The zero-order valence-electron chi connectivity index (χ0n) is 13.4. The molecule has 0 bridgehead atoms. The van der Waals surface area contributed by atoms with E-state index in [0.29, 0.717) is 0 Å². The Balaban J connectivity index is 1.55. The first-order valence-electron chi connectivity index (χ1n) is 8.58. The van der Waals surface area contributed by atoms with Crippen LogP contribution >= 0.6 is 0 Å². The highest BCUT2D eigenvalue weighted by atomic mass is 16.5. The maximum atomic E-state index is 5.48. The van der Waals surface area contributed by atoms with E-state index < -0.39 is 0 Å². The first-order valence-corrected chi connectivity index (χ1v) is 8.58. The lowest BCUT2D eigenvalue weighted by Gasteiger charge is -2.25. The molecule has 0 amide bonds. The monoisotopic (exact) mass is 292 g/mol. The normalized spacial score (nSPS) is 25.7. The highest BCUT2D eigenvalue weighted by Gasteiger charge is 2.33. The lowest BCUT2D eigenvalue weighted by atomic mass is 10.2. The number of hydrogen-bond acceptors (Lipinski definition) is 5. The van der Waals surface area contributed by atoms with Gasteiger partial charge in [0.2, 0.25) is 5.89 Å². The Morgan fingerprint density at radius 3 is 2.86 bits per heavy atom. The van der Waals surface area contributed by atoms with Crippen molar-refractivity contribution in [2.45, 2.75) is 64.5 Å². The molecule has 0 aliphatic carbocycles. The zero-order chi connectivity index (χ0) is 14.7. The van der Waals surface area contributed by atoms with Crippen molar-refractivity contribution in [3.63, 3.8) is 0 Å². The van der Waals surface area contributed by atoms with Crippen molar-refractivity contribution in [2.75, 3.05) is 26.2 Å². The molecule has 2 atom stereocenters. The van der Waals surface area contributed by atoms with Crippen molar-refractivity contribution >= 4 is 0 Å². The smallest absolute Gasteiger partial charge is 0.243 e. The van der Waals surface area contributed by atoms with Gasteiger partial charge in [-0.15, -0.1) is 0 Å². The van der Waals surface area contributed by atoms with Crippen molar-refractivity contribution < 1.29 is 4.52 Å². The quantitative estimate of drug-likeness (QED) is 0.806. The predicted octanol–water partition coefficient (Wildman–Crippen LogP) is 2.64. The van der Waals surface area contributed by atoms with Crippen LogP contribution in [0.2, 0.25) is 0 Å². The molecular formula is C16H28N4O. The average Bonchev–Trinajstić information content (AvgIpc) is 3.24. The molecule has 21 heavy (non-hydrogen) atoms. The molecule has 0 unspecified atom stereocenters. The molecule has 0 radical (unpaired) electrons. The van der Waals surface area contributed by atoms with Gasteiger partial charge in [-0.2, -0.15) is 4.98 Å². The van der Waals surface area contributed by atoms with Crippen LogP contribution in [-0.2, 0) is 6.42 Å². The molecule has 0 N–H and O–H groups in total. The third kappa shape index (κ3) is 3.46. The second-order valence-corrected chi connectivity index (χ2v) is 6.51. The molecule has 118 valence electrons. The van der Waals surface area contributed by atoms with Gasteiger partial charge in [0, 0.05) is 25.6 Å². The van der Waals surface area contributed by atoms with E-state index in [2.05, 4.69) is 33.8 Å². The van der Waals surface area contributed by atoms with Crippen LogP contribution in [0.15, 0.2) is 4.52 Å². The third-order valence-electron chi connectivity index (χ3n) is 4.99. The van der Waals surface area contributed by atoms with Gasteiger partial charge in [0.15, 0.2) is 5.82 Å². The fourth-order valence-corrected chi connectivity index (χ4v) is 3.55. The van der Waals surface area contributed by atoms with Crippen LogP contribution in [0.5, 0.6) is 0 Å². The summed E-state index contributed by atoms with van der Waals surface area (Å²) >= 11 is 0. The van der Waals surface area contributed by atoms with Gasteiger partial charge in [0.25, 0.3) is 0 Å².